The summed E-state index contributed by atoms with van der Waals surface area (Å²) < 4.78 is 9.73. The van der Waals surface area contributed by atoms with Crippen molar-refractivity contribution in [2.24, 2.45) is 11.8 Å². The maximum atomic E-state index is 14.3. The number of hydrogen-bond donors (Lipinski definition) is 4. The van der Waals surface area contributed by atoms with Crippen LogP contribution in [-0.4, -0.2) is 93.1 Å². The number of aromatic amines is 2. The van der Waals surface area contributed by atoms with E-state index < -0.39 is 24.3 Å². The van der Waals surface area contributed by atoms with E-state index in [2.05, 4.69) is 93.4 Å². The molecule has 2 saturated heterocycles. The van der Waals surface area contributed by atoms with Gasteiger partial charge in [-0.25, -0.2) is 19.6 Å². The molecule has 6 aromatic rings. The number of ether oxygens (including phenoxy) is 2. The number of carbonyl (C=O) groups excluding carboxylic acids is 4. The van der Waals surface area contributed by atoms with Crippen LogP contribution in [0.1, 0.15) is 74.4 Å². The molecule has 3 aliphatic rings. The molecule has 1 aliphatic carbocycles. The topological polar surface area (TPSA) is 175 Å². The van der Waals surface area contributed by atoms with E-state index in [0.29, 0.717) is 13.1 Å². The molecule has 0 radical (unpaired) electrons. The minimum atomic E-state index is -0.708. The number of aromatic nitrogens is 4. The number of imidazole rings is 2. The molecule has 9 rings (SSSR count). The second kappa shape index (κ2) is 18.0. The van der Waals surface area contributed by atoms with E-state index in [0.717, 1.165) is 94.6 Å². The highest BCUT2D eigenvalue weighted by Crippen LogP contribution is 2.37. The fraction of sp³-hybridized carbons (Fsp3) is 0.360. The van der Waals surface area contributed by atoms with E-state index in [9.17, 15) is 19.2 Å². The van der Waals surface area contributed by atoms with Crippen molar-refractivity contribution in [3.8, 4) is 33.6 Å². The van der Waals surface area contributed by atoms with Crippen LogP contribution in [0.5, 0.6) is 0 Å². The Morgan fingerprint density at radius 3 is 1.72 bits per heavy atom. The Hall–Kier alpha value is -6.96. The van der Waals surface area contributed by atoms with E-state index in [-0.39, 0.29) is 35.7 Å². The average Bonchev–Trinajstić information content (AvgIpc) is 4.18. The molecule has 0 spiro atoms. The summed E-state index contributed by atoms with van der Waals surface area (Å²) in [5, 5.41) is 7.78. The molecule has 1 unspecified atom stereocenters. The summed E-state index contributed by atoms with van der Waals surface area (Å²) in [7, 11) is 2.62. The summed E-state index contributed by atoms with van der Waals surface area (Å²) in [6, 6.07) is 27.5. The van der Waals surface area contributed by atoms with Crippen molar-refractivity contribution in [2.45, 2.75) is 76.5 Å². The van der Waals surface area contributed by atoms with E-state index in [1.807, 2.05) is 48.2 Å². The van der Waals surface area contributed by atoms with E-state index in [4.69, 9.17) is 19.4 Å². The predicted octanol–water partition coefficient (Wildman–Crippen LogP) is 8.13. The van der Waals surface area contributed by atoms with E-state index in [1.54, 1.807) is 0 Å². The lowest BCUT2D eigenvalue weighted by Gasteiger charge is -2.31. The van der Waals surface area contributed by atoms with Crippen molar-refractivity contribution < 1.29 is 28.7 Å². The zero-order valence-corrected chi connectivity index (χ0v) is 36.6. The van der Waals surface area contributed by atoms with Gasteiger partial charge in [-0.2, -0.15) is 0 Å². The van der Waals surface area contributed by atoms with Crippen molar-refractivity contribution in [3.63, 3.8) is 0 Å². The van der Waals surface area contributed by atoms with Crippen LogP contribution in [0.15, 0.2) is 97.3 Å². The maximum Gasteiger partial charge on any atom is 0.407 e. The van der Waals surface area contributed by atoms with Crippen molar-refractivity contribution in [1.82, 2.24) is 40.4 Å². The molecule has 64 heavy (non-hydrogen) atoms. The van der Waals surface area contributed by atoms with Gasteiger partial charge in [-0.15, -0.1) is 0 Å². The van der Waals surface area contributed by atoms with Crippen LogP contribution in [0, 0.1) is 11.8 Å². The number of benzene rings is 4. The minimum Gasteiger partial charge on any atom is -0.453 e. The molecular weight excluding hydrogens is 809 g/mol. The normalized spacial score (nSPS) is 18.3. The number of hydrogen-bond acceptors (Lipinski definition) is 8. The Bertz CT molecular complexity index is 2660. The number of H-pyrrole nitrogens is 2. The molecular formula is C50H54N8O6. The van der Waals surface area contributed by atoms with Crippen LogP contribution in [0.4, 0.5) is 9.59 Å². The highest BCUT2D eigenvalue weighted by atomic mass is 16.5. The second-order valence-electron chi connectivity index (χ2n) is 17.5. The SMILES string of the molecule is COC(=O)NC(C(=O)N1CCC[C@H]1c1ncc(-c2ccc3cc(-c4ccc(-c5cnc([C@@H]6CCCN6C(=O)[C@@H](NC(=O)OC)C6Cc7ccccc7C6)[nH]5)cc4)ccc3c2)[nH]1)C(C)C. The molecule has 4 heterocycles. The van der Waals surface area contributed by atoms with Crippen LogP contribution in [-0.2, 0) is 31.9 Å². The quantitative estimate of drug-likeness (QED) is 0.101. The number of nitrogens with zero attached hydrogens (tertiary/aromatic N) is 4. The molecule has 0 bridgehead atoms. The van der Waals surface area contributed by atoms with Crippen molar-refractivity contribution in [1.29, 1.82) is 0 Å². The van der Waals surface area contributed by atoms with Gasteiger partial charge in [-0.05, 0) is 101 Å². The molecule has 14 heteroatoms. The first-order valence-electron chi connectivity index (χ1n) is 22.2. The highest BCUT2D eigenvalue weighted by Gasteiger charge is 2.42. The fourth-order valence-electron chi connectivity index (χ4n) is 9.82. The van der Waals surface area contributed by atoms with Gasteiger partial charge in [0.2, 0.25) is 11.8 Å². The number of likely N-dealkylation sites (tertiary alicyclic amines) is 2. The Morgan fingerprint density at radius 2 is 1.14 bits per heavy atom. The molecule has 2 fully saturated rings. The summed E-state index contributed by atoms with van der Waals surface area (Å²) in [6.45, 7) is 5.00. The van der Waals surface area contributed by atoms with Gasteiger partial charge in [0, 0.05) is 18.7 Å². The molecule has 4 atom stereocenters. The average molecular weight is 863 g/mol. The lowest BCUT2D eigenvalue weighted by Crippen LogP contribution is -2.52. The van der Waals surface area contributed by atoms with E-state index in [1.165, 1.54) is 25.3 Å². The van der Waals surface area contributed by atoms with Crippen LogP contribution >= 0.6 is 0 Å². The lowest BCUT2D eigenvalue weighted by atomic mass is 9.95. The first-order chi connectivity index (χ1) is 31.1. The summed E-state index contributed by atoms with van der Waals surface area (Å²) in [5.41, 5.74) is 8.31. The van der Waals surface area contributed by atoms with E-state index >= 15 is 0 Å². The van der Waals surface area contributed by atoms with Gasteiger partial charge >= 0.3 is 12.2 Å². The molecule has 4 aromatic carbocycles. The smallest absolute Gasteiger partial charge is 0.407 e. The Balaban J connectivity index is 0.865. The maximum absolute atomic E-state index is 14.3. The Kier molecular flexibility index (Phi) is 11.9. The number of methoxy groups -OCH3 is 2. The summed E-state index contributed by atoms with van der Waals surface area (Å²) in [4.78, 5) is 72.5. The molecule has 2 aromatic heterocycles. The predicted molar refractivity (Wildman–Crippen MR) is 243 cm³/mol. The van der Waals surface area contributed by atoms with Crippen molar-refractivity contribution in [3.05, 3.63) is 120 Å². The second-order valence-corrected chi connectivity index (χ2v) is 17.5. The summed E-state index contributed by atoms with van der Waals surface area (Å²) in [5.74, 6) is 1.04. The fourth-order valence-corrected chi connectivity index (χ4v) is 9.82. The lowest BCUT2D eigenvalue weighted by molar-refractivity contribution is -0.136. The number of rotatable bonds is 11. The molecule has 14 nitrogen and oxygen atoms in total. The van der Waals surface area contributed by atoms with Gasteiger partial charge in [-0.1, -0.05) is 86.6 Å². The van der Waals surface area contributed by atoms with Crippen molar-refractivity contribution >= 4 is 34.8 Å². The van der Waals surface area contributed by atoms with Gasteiger partial charge < -0.3 is 39.9 Å². The number of fused-ring (bicyclic) bond motifs is 2. The molecule has 4 amide bonds. The van der Waals surface area contributed by atoms with Gasteiger partial charge in [0.25, 0.3) is 0 Å². The molecule has 4 N–H and O–H groups in total. The summed E-state index contributed by atoms with van der Waals surface area (Å²) >= 11 is 0. The van der Waals surface area contributed by atoms with Crippen LogP contribution in [0.25, 0.3) is 44.4 Å². The zero-order chi connectivity index (χ0) is 44.5. The van der Waals surface area contributed by atoms with Gasteiger partial charge in [-0.3, -0.25) is 9.59 Å². The van der Waals surface area contributed by atoms with Gasteiger partial charge in [0.1, 0.15) is 23.7 Å². The third-order valence-electron chi connectivity index (χ3n) is 13.2. The third-order valence-corrected chi connectivity index (χ3v) is 13.2. The number of amides is 4. The zero-order valence-electron chi connectivity index (χ0n) is 36.6. The standard InChI is InChI=1S/C50H54N8O6/c1-29(2)43(55-49(61)63-3)47(59)57-21-7-11-41(57)46-52-28-40(54-46)37-20-19-35-23-34(17-18-36(35)24-37)30-13-15-31(16-14-30)39-27-51-45(53-39)42-12-8-22-58(42)48(60)44(56-50(62)64-4)38-25-32-9-5-6-10-33(32)26-38/h5-6,9-10,13-20,23-24,27-29,38,41-44H,7-8,11-12,21-22,25-26H2,1-4H3,(H,51,53)(H,52,54)(H,55,61)(H,56,62)/t41-,42-,43?,44-/m0/s1. The Labute approximate surface area is 372 Å². The Morgan fingerprint density at radius 1 is 0.641 bits per heavy atom. The van der Waals surface area contributed by atoms with Crippen molar-refractivity contribution in [2.75, 3.05) is 27.3 Å². The number of nitrogens with one attached hydrogen (secondary N) is 4. The molecule has 0 saturated carbocycles. The van der Waals surface area contributed by atoms with Crippen LogP contribution < -0.4 is 10.6 Å². The largest absolute Gasteiger partial charge is 0.453 e. The number of alkyl carbamates (subject to hydrolysis) is 2. The minimum absolute atomic E-state index is 0.0647. The van der Waals surface area contributed by atoms with Gasteiger partial charge in [0.15, 0.2) is 0 Å². The highest BCUT2D eigenvalue weighted by molar-refractivity contribution is 5.91. The summed E-state index contributed by atoms with van der Waals surface area (Å²) in [6.07, 6.45) is 7.11. The van der Waals surface area contributed by atoms with Crippen LogP contribution in [0.2, 0.25) is 0 Å². The third kappa shape index (κ3) is 8.44. The monoisotopic (exact) mass is 862 g/mol. The molecule has 2 aliphatic heterocycles. The first-order valence-corrected chi connectivity index (χ1v) is 22.2. The molecule has 330 valence electrons. The number of carbonyl (C=O) groups is 4. The van der Waals surface area contributed by atoms with Gasteiger partial charge in [0.05, 0.1) is 50.1 Å². The van der Waals surface area contributed by atoms with Crippen LogP contribution in [0.3, 0.4) is 0 Å². The first kappa shape index (κ1) is 42.3.